The van der Waals surface area contributed by atoms with Gasteiger partial charge in [-0.15, -0.1) is 11.6 Å². The molecule has 106 valence electrons. The van der Waals surface area contributed by atoms with Crippen molar-refractivity contribution in [1.29, 1.82) is 0 Å². The van der Waals surface area contributed by atoms with Gasteiger partial charge in [-0.3, -0.25) is 0 Å². The Balaban J connectivity index is 2.05. The van der Waals surface area contributed by atoms with Crippen LogP contribution in [-0.4, -0.2) is 7.11 Å². The lowest BCUT2D eigenvalue weighted by Crippen LogP contribution is -1.97. The Bertz CT molecular complexity index is 533. The molecule has 0 bridgehead atoms. The third-order valence-corrected chi connectivity index (χ3v) is 3.84. The first-order valence-corrected chi connectivity index (χ1v) is 7.52. The second-order valence-electron chi connectivity index (χ2n) is 5.01. The van der Waals surface area contributed by atoms with E-state index in [1.54, 1.807) is 7.11 Å². The average Bonchev–Trinajstić information content (AvgIpc) is 2.48. The number of hydrogen-bond acceptors (Lipinski definition) is 1. The minimum Gasteiger partial charge on any atom is -0.497 e. The zero-order chi connectivity index (χ0) is 14.4. The highest BCUT2D eigenvalue weighted by atomic mass is 35.5. The second-order valence-corrected chi connectivity index (χ2v) is 5.54. The molecule has 0 aromatic heterocycles. The SMILES string of the molecule is CCCc1ccc(C(Cl)Cc2cccc(OC)c2)cc1. The Labute approximate surface area is 126 Å². The molecule has 0 fully saturated rings. The standard InChI is InChI=1S/C18H21ClO/c1-3-5-14-8-10-16(11-9-14)18(19)13-15-6-4-7-17(12-15)20-2/h4,6-12,18H,3,5,13H2,1-2H3. The van der Waals surface area contributed by atoms with E-state index in [0.29, 0.717) is 0 Å². The molecule has 20 heavy (non-hydrogen) atoms. The average molecular weight is 289 g/mol. The summed E-state index contributed by atoms with van der Waals surface area (Å²) in [6.07, 6.45) is 3.11. The molecule has 1 nitrogen and oxygen atoms in total. The van der Waals surface area contributed by atoms with E-state index >= 15 is 0 Å². The van der Waals surface area contributed by atoms with Crippen LogP contribution < -0.4 is 4.74 Å². The van der Waals surface area contributed by atoms with Crippen LogP contribution in [0.1, 0.15) is 35.4 Å². The zero-order valence-electron chi connectivity index (χ0n) is 12.1. The van der Waals surface area contributed by atoms with E-state index in [9.17, 15) is 0 Å². The molecule has 0 aliphatic rings. The summed E-state index contributed by atoms with van der Waals surface area (Å²) < 4.78 is 5.24. The van der Waals surface area contributed by atoms with Gasteiger partial charge in [0.15, 0.2) is 0 Å². The van der Waals surface area contributed by atoms with Crippen molar-refractivity contribution >= 4 is 11.6 Å². The van der Waals surface area contributed by atoms with E-state index in [4.69, 9.17) is 16.3 Å². The van der Waals surface area contributed by atoms with Crippen LogP contribution in [-0.2, 0) is 12.8 Å². The molecular weight excluding hydrogens is 268 g/mol. The summed E-state index contributed by atoms with van der Waals surface area (Å²) in [6.45, 7) is 2.20. The number of aryl methyl sites for hydroxylation is 1. The maximum Gasteiger partial charge on any atom is 0.119 e. The number of halogens is 1. The van der Waals surface area contributed by atoms with Crippen LogP contribution >= 0.6 is 11.6 Å². The van der Waals surface area contributed by atoms with E-state index in [0.717, 1.165) is 18.6 Å². The predicted molar refractivity (Wildman–Crippen MR) is 85.7 cm³/mol. The third-order valence-electron chi connectivity index (χ3n) is 3.43. The monoisotopic (exact) mass is 288 g/mol. The van der Waals surface area contributed by atoms with Crippen LogP contribution in [0.15, 0.2) is 48.5 Å². The molecule has 0 saturated heterocycles. The Morgan fingerprint density at radius 3 is 2.45 bits per heavy atom. The van der Waals surface area contributed by atoms with Gasteiger partial charge in [-0.1, -0.05) is 49.7 Å². The van der Waals surface area contributed by atoms with Gasteiger partial charge in [-0.05, 0) is 41.7 Å². The van der Waals surface area contributed by atoms with Crippen LogP contribution in [0.5, 0.6) is 5.75 Å². The molecule has 0 amide bonds. The molecule has 2 aromatic carbocycles. The predicted octanol–water partition coefficient (Wildman–Crippen LogP) is 5.17. The summed E-state index contributed by atoms with van der Waals surface area (Å²) in [7, 11) is 1.68. The first kappa shape index (κ1) is 14.9. The molecule has 0 heterocycles. The van der Waals surface area contributed by atoms with Crippen LogP contribution in [0.25, 0.3) is 0 Å². The molecule has 0 aliphatic carbocycles. The number of benzene rings is 2. The molecular formula is C18H21ClO. The quantitative estimate of drug-likeness (QED) is 0.666. The van der Waals surface area contributed by atoms with Crippen molar-refractivity contribution in [2.24, 2.45) is 0 Å². The van der Waals surface area contributed by atoms with Crippen LogP contribution in [0.2, 0.25) is 0 Å². The van der Waals surface area contributed by atoms with Crippen LogP contribution in [0, 0.1) is 0 Å². The topological polar surface area (TPSA) is 9.23 Å². The molecule has 0 aliphatic heterocycles. The third kappa shape index (κ3) is 4.01. The minimum absolute atomic E-state index is 0.00205. The van der Waals surface area contributed by atoms with E-state index in [-0.39, 0.29) is 5.38 Å². The van der Waals surface area contributed by atoms with E-state index in [2.05, 4.69) is 37.3 Å². The Morgan fingerprint density at radius 2 is 1.80 bits per heavy atom. The molecule has 2 rings (SSSR count). The summed E-state index contributed by atoms with van der Waals surface area (Å²) in [5, 5.41) is -0.00205. The number of rotatable bonds is 6. The summed E-state index contributed by atoms with van der Waals surface area (Å²) in [5.41, 5.74) is 3.75. The highest BCUT2D eigenvalue weighted by Gasteiger charge is 2.09. The fourth-order valence-electron chi connectivity index (χ4n) is 2.31. The van der Waals surface area contributed by atoms with E-state index in [1.807, 2.05) is 18.2 Å². The largest absolute Gasteiger partial charge is 0.497 e. The van der Waals surface area contributed by atoms with Crippen molar-refractivity contribution in [3.63, 3.8) is 0 Å². The number of ether oxygens (including phenoxy) is 1. The maximum absolute atomic E-state index is 6.52. The number of methoxy groups -OCH3 is 1. The van der Waals surface area contributed by atoms with Crippen molar-refractivity contribution in [3.8, 4) is 5.75 Å². The normalized spacial score (nSPS) is 12.2. The molecule has 0 N–H and O–H groups in total. The van der Waals surface area contributed by atoms with Gasteiger partial charge in [0, 0.05) is 0 Å². The van der Waals surface area contributed by atoms with Gasteiger partial charge in [-0.25, -0.2) is 0 Å². The minimum atomic E-state index is -0.00205. The Hall–Kier alpha value is -1.47. The number of alkyl halides is 1. The van der Waals surface area contributed by atoms with Crippen molar-refractivity contribution in [3.05, 3.63) is 65.2 Å². The van der Waals surface area contributed by atoms with Crippen molar-refractivity contribution in [1.82, 2.24) is 0 Å². The Kier molecular flexibility index (Phi) is 5.49. The first-order chi connectivity index (χ1) is 9.72. The lowest BCUT2D eigenvalue weighted by Gasteiger charge is -2.11. The van der Waals surface area contributed by atoms with Crippen molar-refractivity contribution < 1.29 is 4.74 Å². The van der Waals surface area contributed by atoms with Gasteiger partial charge in [0.2, 0.25) is 0 Å². The number of hydrogen-bond donors (Lipinski definition) is 0. The lowest BCUT2D eigenvalue weighted by atomic mass is 10.0. The van der Waals surface area contributed by atoms with Gasteiger partial charge in [0.1, 0.15) is 5.75 Å². The molecule has 0 radical (unpaired) electrons. The molecule has 1 atom stereocenters. The highest BCUT2D eigenvalue weighted by molar-refractivity contribution is 6.20. The molecule has 2 aromatic rings. The summed E-state index contributed by atoms with van der Waals surface area (Å²) in [5.74, 6) is 0.879. The van der Waals surface area contributed by atoms with Crippen LogP contribution in [0.3, 0.4) is 0 Å². The van der Waals surface area contributed by atoms with Crippen molar-refractivity contribution in [2.45, 2.75) is 31.6 Å². The highest BCUT2D eigenvalue weighted by Crippen LogP contribution is 2.26. The molecule has 1 unspecified atom stereocenters. The van der Waals surface area contributed by atoms with E-state index in [1.165, 1.54) is 23.1 Å². The van der Waals surface area contributed by atoms with E-state index < -0.39 is 0 Å². The summed E-state index contributed by atoms with van der Waals surface area (Å²) >= 11 is 6.52. The zero-order valence-corrected chi connectivity index (χ0v) is 12.9. The fraction of sp³-hybridized carbons (Fsp3) is 0.333. The fourth-order valence-corrected chi connectivity index (χ4v) is 2.63. The van der Waals surface area contributed by atoms with Crippen LogP contribution in [0.4, 0.5) is 0 Å². The Morgan fingerprint density at radius 1 is 1.05 bits per heavy atom. The molecule has 0 saturated carbocycles. The summed E-state index contributed by atoms with van der Waals surface area (Å²) in [6, 6.07) is 16.7. The van der Waals surface area contributed by atoms with Gasteiger partial charge in [0.25, 0.3) is 0 Å². The summed E-state index contributed by atoms with van der Waals surface area (Å²) in [4.78, 5) is 0. The smallest absolute Gasteiger partial charge is 0.119 e. The lowest BCUT2D eigenvalue weighted by molar-refractivity contribution is 0.414. The molecule has 2 heteroatoms. The molecule has 0 spiro atoms. The van der Waals surface area contributed by atoms with Gasteiger partial charge in [-0.2, -0.15) is 0 Å². The maximum atomic E-state index is 6.52. The van der Waals surface area contributed by atoms with Gasteiger partial charge >= 0.3 is 0 Å². The van der Waals surface area contributed by atoms with Crippen molar-refractivity contribution in [2.75, 3.05) is 7.11 Å². The van der Waals surface area contributed by atoms with Gasteiger partial charge < -0.3 is 4.74 Å². The second kappa shape index (κ2) is 7.35. The first-order valence-electron chi connectivity index (χ1n) is 7.08. The van der Waals surface area contributed by atoms with Gasteiger partial charge in [0.05, 0.1) is 12.5 Å².